The van der Waals surface area contributed by atoms with E-state index in [4.69, 9.17) is 4.74 Å². The summed E-state index contributed by atoms with van der Waals surface area (Å²) < 4.78 is 5.90. The van der Waals surface area contributed by atoms with Crippen molar-refractivity contribution in [2.24, 2.45) is 0 Å². The lowest BCUT2D eigenvalue weighted by atomic mass is 10.0. The van der Waals surface area contributed by atoms with Gasteiger partial charge in [-0.05, 0) is 89.9 Å². The second kappa shape index (κ2) is 50.0. The van der Waals surface area contributed by atoms with Crippen molar-refractivity contribution in [3.63, 3.8) is 0 Å². The molecule has 0 aromatic heterocycles. The van der Waals surface area contributed by atoms with E-state index in [1.807, 2.05) is 0 Å². The summed E-state index contributed by atoms with van der Waals surface area (Å²) in [5.41, 5.74) is 0. The average Bonchev–Trinajstić information content (AvgIpc) is 3.28. The van der Waals surface area contributed by atoms with E-state index in [0.29, 0.717) is 25.7 Å². The monoisotopic (exact) mass is 878 g/mol. The number of ether oxygens (including phenoxy) is 1. The predicted molar refractivity (Wildman–Crippen MR) is 273 cm³/mol. The number of hydrogen-bond donors (Lipinski definition) is 3. The highest BCUT2D eigenvalue weighted by Gasteiger charge is 2.24. The number of amides is 1. The molecule has 0 heterocycles. The minimum absolute atomic E-state index is 0.0416. The van der Waals surface area contributed by atoms with E-state index in [1.54, 1.807) is 0 Å². The Morgan fingerprint density at radius 1 is 0.476 bits per heavy atom. The van der Waals surface area contributed by atoms with E-state index >= 15 is 0 Å². The third-order valence-electron chi connectivity index (χ3n) is 11.5. The van der Waals surface area contributed by atoms with Crippen molar-refractivity contribution >= 4 is 11.9 Å². The quantitative estimate of drug-likeness (QED) is 0.0322. The Hall–Kier alpha value is -2.96. The molecule has 0 radical (unpaired) electrons. The van der Waals surface area contributed by atoms with E-state index in [-0.39, 0.29) is 24.9 Å². The van der Waals surface area contributed by atoms with Gasteiger partial charge in [0, 0.05) is 6.42 Å². The fourth-order valence-corrected chi connectivity index (χ4v) is 7.56. The molecule has 362 valence electrons. The van der Waals surface area contributed by atoms with Crippen molar-refractivity contribution in [3.05, 3.63) is 85.1 Å². The third-order valence-corrected chi connectivity index (χ3v) is 11.5. The SMILES string of the molecule is CC/C=C\C/C=C\C/C=C\C/C=C\C/C=C\CCCC(=O)OC(CCCCCCC/C=C/C/C=C/CC)CC(=O)NC(CO)C(O)CCCCCCCCCCCCCCCCC. The third kappa shape index (κ3) is 45.4. The summed E-state index contributed by atoms with van der Waals surface area (Å²) in [6, 6.07) is -0.722. The van der Waals surface area contributed by atoms with Crippen LogP contribution in [0.5, 0.6) is 0 Å². The zero-order valence-corrected chi connectivity index (χ0v) is 41.2. The van der Waals surface area contributed by atoms with Crippen LogP contribution in [0.4, 0.5) is 0 Å². The lowest BCUT2D eigenvalue weighted by molar-refractivity contribution is -0.151. The van der Waals surface area contributed by atoms with E-state index in [0.717, 1.165) is 109 Å². The van der Waals surface area contributed by atoms with Gasteiger partial charge in [0.05, 0.1) is 25.2 Å². The highest BCUT2D eigenvalue weighted by molar-refractivity contribution is 5.77. The van der Waals surface area contributed by atoms with Gasteiger partial charge in [-0.25, -0.2) is 0 Å². The molecule has 63 heavy (non-hydrogen) atoms. The number of hydrogen-bond acceptors (Lipinski definition) is 5. The van der Waals surface area contributed by atoms with Gasteiger partial charge in [-0.1, -0.05) is 221 Å². The highest BCUT2D eigenvalue weighted by atomic mass is 16.5. The van der Waals surface area contributed by atoms with Crippen LogP contribution in [0.1, 0.15) is 239 Å². The van der Waals surface area contributed by atoms with Crippen LogP contribution in [0.25, 0.3) is 0 Å². The zero-order valence-electron chi connectivity index (χ0n) is 41.2. The van der Waals surface area contributed by atoms with E-state index in [9.17, 15) is 19.8 Å². The molecule has 0 rings (SSSR count). The predicted octanol–water partition coefficient (Wildman–Crippen LogP) is 16.0. The molecule has 3 atom stereocenters. The molecule has 0 saturated heterocycles. The molecular weight excluding hydrogens is 779 g/mol. The Bertz CT molecular complexity index is 1210. The van der Waals surface area contributed by atoms with Crippen molar-refractivity contribution in [2.75, 3.05) is 6.61 Å². The maximum absolute atomic E-state index is 13.2. The topological polar surface area (TPSA) is 95.9 Å². The molecule has 0 saturated carbocycles. The maximum atomic E-state index is 13.2. The van der Waals surface area contributed by atoms with Crippen LogP contribution in [0, 0.1) is 0 Å². The number of allylic oxidation sites excluding steroid dienone is 14. The van der Waals surface area contributed by atoms with Gasteiger partial charge in [0.1, 0.15) is 6.10 Å². The molecule has 0 aromatic rings. The molecule has 0 bridgehead atoms. The van der Waals surface area contributed by atoms with E-state index in [1.165, 1.54) is 77.0 Å². The lowest BCUT2D eigenvalue weighted by Gasteiger charge is -2.24. The Morgan fingerprint density at radius 3 is 1.30 bits per heavy atom. The number of aliphatic hydroxyl groups is 2. The molecule has 3 unspecified atom stereocenters. The molecule has 0 aliphatic rings. The fraction of sp³-hybridized carbons (Fsp3) is 0.719. The Labute approximate surface area is 389 Å². The van der Waals surface area contributed by atoms with E-state index < -0.39 is 18.2 Å². The minimum Gasteiger partial charge on any atom is -0.462 e. The normalized spacial score (nSPS) is 13.9. The summed E-state index contributed by atoms with van der Waals surface area (Å²) in [7, 11) is 0. The fourth-order valence-electron chi connectivity index (χ4n) is 7.56. The van der Waals surface area contributed by atoms with Crippen molar-refractivity contribution < 1.29 is 24.5 Å². The van der Waals surface area contributed by atoms with Crippen molar-refractivity contribution in [2.45, 2.75) is 257 Å². The first kappa shape index (κ1) is 60.0. The van der Waals surface area contributed by atoms with E-state index in [2.05, 4.69) is 111 Å². The number of rotatable bonds is 46. The first-order valence-corrected chi connectivity index (χ1v) is 26.3. The number of aliphatic hydroxyl groups excluding tert-OH is 2. The van der Waals surface area contributed by atoms with Crippen LogP contribution in [0.15, 0.2) is 85.1 Å². The van der Waals surface area contributed by atoms with Gasteiger partial charge in [-0.15, -0.1) is 0 Å². The number of nitrogens with one attached hydrogen (secondary N) is 1. The Balaban J connectivity index is 4.64. The van der Waals surface area contributed by atoms with Crippen LogP contribution in [-0.4, -0.2) is 46.9 Å². The second-order valence-corrected chi connectivity index (χ2v) is 17.5. The lowest BCUT2D eigenvalue weighted by Crippen LogP contribution is -2.46. The largest absolute Gasteiger partial charge is 0.462 e. The molecule has 1 amide bonds. The van der Waals surface area contributed by atoms with Crippen LogP contribution in [-0.2, 0) is 14.3 Å². The second-order valence-electron chi connectivity index (χ2n) is 17.5. The summed E-state index contributed by atoms with van der Waals surface area (Å²) in [6.07, 6.45) is 65.0. The summed E-state index contributed by atoms with van der Waals surface area (Å²) >= 11 is 0. The molecule has 0 aromatic carbocycles. The van der Waals surface area contributed by atoms with Crippen LogP contribution >= 0.6 is 0 Å². The van der Waals surface area contributed by atoms with Gasteiger partial charge < -0.3 is 20.3 Å². The minimum atomic E-state index is -0.805. The summed E-state index contributed by atoms with van der Waals surface area (Å²) in [6.45, 7) is 6.25. The zero-order chi connectivity index (χ0) is 45.9. The van der Waals surface area contributed by atoms with Gasteiger partial charge in [0.25, 0.3) is 0 Å². The first-order valence-electron chi connectivity index (χ1n) is 26.3. The molecule has 0 spiro atoms. The van der Waals surface area contributed by atoms with Gasteiger partial charge in [0.2, 0.25) is 5.91 Å². The van der Waals surface area contributed by atoms with Crippen LogP contribution < -0.4 is 5.32 Å². The molecule has 6 nitrogen and oxygen atoms in total. The molecule has 3 N–H and O–H groups in total. The van der Waals surface area contributed by atoms with Crippen LogP contribution in [0.2, 0.25) is 0 Å². The molecular formula is C57H99NO5. The van der Waals surface area contributed by atoms with Gasteiger partial charge in [0.15, 0.2) is 0 Å². The first-order chi connectivity index (χ1) is 31.0. The molecule has 6 heteroatoms. The number of carbonyl (C=O) groups is 2. The maximum Gasteiger partial charge on any atom is 0.306 e. The standard InChI is InChI=1S/C57H99NO5/c1-4-7-10-13-16-19-22-25-27-28-30-32-35-38-41-44-47-50-57(62)63-53(48-45-42-39-36-33-24-21-18-15-12-9-6-3)51-56(61)58-54(52-59)55(60)49-46-43-40-37-34-31-29-26-23-20-17-14-11-8-5-2/h7,9-10,12,16,18-19,21,25,27,30,32,38,41,53-55,59-60H,4-6,8,11,13-15,17,20,22-24,26,28-29,31,33-37,39-40,42-52H2,1-3H3,(H,58,61)/b10-7-,12-9+,19-16-,21-18+,27-25-,32-30-,41-38-. The van der Waals surface area contributed by atoms with Gasteiger partial charge in [-0.2, -0.15) is 0 Å². The van der Waals surface area contributed by atoms with Crippen molar-refractivity contribution in [3.8, 4) is 0 Å². The van der Waals surface area contributed by atoms with Crippen LogP contribution in [0.3, 0.4) is 0 Å². The smallest absolute Gasteiger partial charge is 0.306 e. The molecule has 0 aliphatic carbocycles. The van der Waals surface area contributed by atoms with Crippen molar-refractivity contribution in [1.29, 1.82) is 0 Å². The Kier molecular flexibility index (Phi) is 47.7. The summed E-state index contributed by atoms with van der Waals surface area (Å²) in [5.74, 6) is -0.561. The summed E-state index contributed by atoms with van der Waals surface area (Å²) in [4.78, 5) is 26.1. The Morgan fingerprint density at radius 2 is 0.857 bits per heavy atom. The summed E-state index contributed by atoms with van der Waals surface area (Å²) in [5, 5.41) is 23.8. The number of unbranched alkanes of at least 4 members (excludes halogenated alkanes) is 20. The van der Waals surface area contributed by atoms with Crippen molar-refractivity contribution in [1.82, 2.24) is 5.32 Å². The number of esters is 1. The average molecular weight is 878 g/mol. The molecule has 0 fully saturated rings. The number of carbonyl (C=O) groups excluding carboxylic acids is 2. The highest BCUT2D eigenvalue weighted by Crippen LogP contribution is 2.17. The van der Waals surface area contributed by atoms with Gasteiger partial charge in [-0.3, -0.25) is 9.59 Å². The molecule has 0 aliphatic heterocycles. The van der Waals surface area contributed by atoms with Gasteiger partial charge >= 0.3 is 5.97 Å².